The van der Waals surface area contributed by atoms with Crippen LogP contribution in [0.15, 0.2) is 15.9 Å². The van der Waals surface area contributed by atoms with Crippen LogP contribution in [-0.4, -0.2) is 24.9 Å². The zero-order chi connectivity index (χ0) is 14.7. The lowest BCUT2D eigenvalue weighted by Gasteiger charge is -2.06. The summed E-state index contributed by atoms with van der Waals surface area (Å²) in [5.41, 5.74) is -0.0493. The van der Waals surface area contributed by atoms with E-state index in [-0.39, 0.29) is 5.78 Å². The van der Waals surface area contributed by atoms with Gasteiger partial charge < -0.3 is 9.36 Å². The molecule has 0 radical (unpaired) electrons. The van der Waals surface area contributed by atoms with Crippen LogP contribution in [0.25, 0.3) is 11.2 Å². The summed E-state index contributed by atoms with van der Waals surface area (Å²) < 4.78 is 3.07. The van der Waals surface area contributed by atoms with Gasteiger partial charge in [-0.05, 0) is 19.8 Å². The van der Waals surface area contributed by atoms with E-state index in [4.69, 9.17) is 0 Å². The van der Waals surface area contributed by atoms with Crippen molar-refractivity contribution < 1.29 is 4.79 Å². The van der Waals surface area contributed by atoms with Crippen LogP contribution in [0.1, 0.15) is 32.6 Å². The first-order valence-electron chi connectivity index (χ1n) is 6.64. The van der Waals surface area contributed by atoms with Crippen LogP contribution >= 0.6 is 0 Å². The van der Waals surface area contributed by atoms with Gasteiger partial charge in [0.1, 0.15) is 5.78 Å². The first kappa shape index (κ1) is 14.2. The first-order valence-corrected chi connectivity index (χ1v) is 6.64. The minimum absolute atomic E-state index is 0.179. The Labute approximate surface area is 115 Å². The van der Waals surface area contributed by atoms with Crippen LogP contribution in [0.3, 0.4) is 0 Å². The smallest absolute Gasteiger partial charge is 0.328 e. The monoisotopic (exact) mass is 278 g/mol. The number of hydrogen-bond donors (Lipinski definition) is 1. The van der Waals surface area contributed by atoms with Gasteiger partial charge >= 0.3 is 5.69 Å². The number of hydrogen-bond acceptors (Lipinski definition) is 4. The third kappa shape index (κ3) is 2.87. The fraction of sp³-hybridized carbons (Fsp3) is 0.538. The van der Waals surface area contributed by atoms with Gasteiger partial charge in [-0.25, -0.2) is 9.78 Å². The van der Waals surface area contributed by atoms with Gasteiger partial charge in [-0.2, -0.15) is 0 Å². The molecule has 7 heteroatoms. The van der Waals surface area contributed by atoms with Crippen LogP contribution in [0.2, 0.25) is 0 Å². The lowest BCUT2D eigenvalue weighted by Crippen LogP contribution is -2.31. The van der Waals surface area contributed by atoms with Gasteiger partial charge in [0, 0.05) is 20.0 Å². The number of Topliss-reactive ketones (excluding diaryl/α,β-unsaturated/α-hetero) is 1. The van der Waals surface area contributed by atoms with Crippen molar-refractivity contribution in [3.05, 3.63) is 27.2 Å². The zero-order valence-electron chi connectivity index (χ0n) is 11.7. The Morgan fingerprint density at radius 3 is 2.75 bits per heavy atom. The van der Waals surface area contributed by atoms with Gasteiger partial charge in [-0.3, -0.25) is 14.3 Å². The molecule has 0 atom stereocenters. The number of aromatic nitrogens is 4. The molecule has 0 spiro atoms. The van der Waals surface area contributed by atoms with E-state index in [1.165, 1.54) is 10.9 Å². The minimum atomic E-state index is -0.437. The number of carbonyl (C=O) groups is 1. The number of unbranched alkanes of at least 4 members (excludes halogenated alkanes) is 2. The van der Waals surface area contributed by atoms with E-state index >= 15 is 0 Å². The average Bonchev–Trinajstić information content (AvgIpc) is 2.74. The molecule has 2 aromatic rings. The SMILES string of the molecule is CC(=O)CCCCCn1c(=O)[nH]c(=O)c2c1ncn2C. The molecule has 0 aliphatic carbocycles. The number of fused-ring (bicyclic) bond motifs is 1. The van der Waals surface area contributed by atoms with E-state index in [9.17, 15) is 14.4 Å². The number of carbonyl (C=O) groups excluding carboxylic acids is 1. The van der Waals surface area contributed by atoms with E-state index in [0.29, 0.717) is 24.1 Å². The predicted molar refractivity (Wildman–Crippen MR) is 74.7 cm³/mol. The number of imidazole rings is 1. The van der Waals surface area contributed by atoms with Gasteiger partial charge in [0.05, 0.1) is 6.33 Å². The largest absolute Gasteiger partial charge is 0.330 e. The summed E-state index contributed by atoms with van der Waals surface area (Å²) in [4.78, 5) is 40.8. The normalized spacial score (nSPS) is 11.1. The van der Waals surface area contributed by atoms with Crippen LogP contribution in [0, 0.1) is 0 Å². The molecule has 2 heterocycles. The number of rotatable bonds is 6. The Morgan fingerprint density at radius 1 is 1.30 bits per heavy atom. The Kier molecular flexibility index (Phi) is 4.16. The van der Waals surface area contributed by atoms with Crippen LogP contribution in [0.5, 0.6) is 0 Å². The highest BCUT2D eigenvalue weighted by Crippen LogP contribution is 2.07. The summed E-state index contributed by atoms with van der Waals surface area (Å²) >= 11 is 0. The quantitative estimate of drug-likeness (QED) is 0.782. The Balaban J connectivity index is 2.16. The van der Waals surface area contributed by atoms with Gasteiger partial charge in [0.15, 0.2) is 11.2 Å². The maximum Gasteiger partial charge on any atom is 0.330 e. The lowest BCUT2D eigenvalue weighted by atomic mass is 10.1. The Bertz CT molecular complexity index is 738. The van der Waals surface area contributed by atoms with E-state index in [0.717, 1.165) is 19.3 Å². The van der Waals surface area contributed by atoms with Crippen molar-refractivity contribution in [1.29, 1.82) is 0 Å². The van der Waals surface area contributed by atoms with Gasteiger partial charge in [-0.1, -0.05) is 6.42 Å². The molecule has 0 aliphatic heterocycles. The zero-order valence-corrected chi connectivity index (χ0v) is 11.7. The minimum Gasteiger partial charge on any atom is -0.328 e. The van der Waals surface area contributed by atoms with Gasteiger partial charge in [0.25, 0.3) is 5.56 Å². The first-order chi connectivity index (χ1) is 9.50. The molecule has 0 aromatic carbocycles. The van der Waals surface area contributed by atoms with Crippen molar-refractivity contribution in [2.24, 2.45) is 7.05 Å². The highest BCUT2D eigenvalue weighted by molar-refractivity contribution is 5.75. The molecule has 0 unspecified atom stereocenters. The molecule has 0 saturated heterocycles. The van der Waals surface area contributed by atoms with Crippen molar-refractivity contribution in [2.45, 2.75) is 39.2 Å². The Hall–Kier alpha value is -2.18. The fourth-order valence-electron chi connectivity index (χ4n) is 2.23. The lowest BCUT2D eigenvalue weighted by molar-refractivity contribution is -0.117. The molecule has 0 bridgehead atoms. The highest BCUT2D eigenvalue weighted by Gasteiger charge is 2.11. The standard InChI is InChI=1S/C13H18N4O3/c1-9(18)6-4-3-5-7-17-11-10(16(2)8-14-11)12(19)15-13(17)20/h8H,3-7H2,1-2H3,(H,15,19,20). The molecule has 0 aliphatic rings. The van der Waals surface area contributed by atoms with Crippen LogP contribution in [-0.2, 0) is 18.4 Å². The molecule has 2 aromatic heterocycles. The van der Waals surface area contributed by atoms with E-state index in [1.54, 1.807) is 18.5 Å². The highest BCUT2D eigenvalue weighted by atomic mass is 16.2. The maximum atomic E-state index is 11.8. The van der Waals surface area contributed by atoms with E-state index < -0.39 is 11.2 Å². The maximum absolute atomic E-state index is 11.8. The van der Waals surface area contributed by atoms with E-state index in [2.05, 4.69) is 9.97 Å². The van der Waals surface area contributed by atoms with Crippen LogP contribution in [0.4, 0.5) is 0 Å². The molecular weight excluding hydrogens is 260 g/mol. The average molecular weight is 278 g/mol. The summed E-state index contributed by atoms with van der Waals surface area (Å²) in [5, 5.41) is 0. The summed E-state index contributed by atoms with van der Waals surface area (Å²) in [7, 11) is 1.71. The number of aryl methyl sites for hydroxylation is 2. The third-order valence-electron chi connectivity index (χ3n) is 3.26. The second-order valence-electron chi connectivity index (χ2n) is 4.95. The van der Waals surface area contributed by atoms with Crippen molar-refractivity contribution in [2.75, 3.05) is 0 Å². The van der Waals surface area contributed by atoms with Gasteiger partial charge in [0.2, 0.25) is 0 Å². The molecule has 0 amide bonds. The molecule has 0 saturated carbocycles. The predicted octanol–water partition coefficient (Wildman–Crippen LogP) is 0.573. The summed E-state index contributed by atoms with van der Waals surface area (Å²) in [6.45, 7) is 2.06. The van der Waals surface area contributed by atoms with Gasteiger partial charge in [-0.15, -0.1) is 0 Å². The number of aromatic amines is 1. The molecular formula is C13H18N4O3. The number of nitrogens with one attached hydrogen (secondary N) is 1. The molecule has 2 rings (SSSR count). The van der Waals surface area contributed by atoms with Crippen LogP contribution < -0.4 is 11.2 Å². The van der Waals surface area contributed by atoms with E-state index in [1.807, 2.05) is 0 Å². The molecule has 0 fully saturated rings. The van der Waals surface area contributed by atoms with Crippen molar-refractivity contribution in [3.63, 3.8) is 0 Å². The molecule has 108 valence electrons. The Morgan fingerprint density at radius 2 is 2.05 bits per heavy atom. The number of H-pyrrole nitrogens is 1. The van der Waals surface area contributed by atoms with Crippen molar-refractivity contribution in [1.82, 2.24) is 19.1 Å². The number of ketones is 1. The molecule has 7 nitrogen and oxygen atoms in total. The summed E-state index contributed by atoms with van der Waals surface area (Å²) in [6, 6.07) is 0. The van der Waals surface area contributed by atoms with Crippen molar-refractivity contribution in [3.8, 4) is 0 Å². The molecule has 20 heavy (non-hydrogen) atoms. The summed E-state index contributed by atoms with van der Waals surface area (Å²) in [5.74, 6) is 0.179. The number of nitrogens with zero attached hydrogens (tertiary/aromatic N) is 3. The second kappa shape index (κ2) is 5.85. The fourth-order valence-corrected chi connectivity index (χ4v) is 2.23. The van der Waals surface area contributed by atoms with Crippen molar-refractivity contribution >= 4 is 16.9 Å². The molecule has 1 N–H and O–H groups in total. The second-order valence-corrected chi connectivity index (χ2v) is 4.95. The third-order valence-corrected chi connectivity index (χ3v) is 3.26. The summed E-state index contributed by atoms with van der Waals surface area (Å²) in [6.07, 6.45) is 4.54. The topological polar surface area (TPSA) is 89.8 Å².